The van der Waals surface area contributed by atoms with E-state index < -0.39 is 28.5 Å². The van der Waals surface area contributed by atoms with Gasteiger partial charge in [-0.15, -0.1) is 0 Å². The van der Waals surface area contributed by atoms with Gasteiger partial charge in [0, 0.05) is 13.1 Å². The molecular formula is C31H39N3O5S. The van der Waals surface area contributed by atoms with E-state index in [-0.39, 0.29) is 23.0 Å². The molecule has 0 aliphatic heterocycles. The van der Waals surface area contributed by atoms with Gasteiger partial charge in [0.25, 0.3) is 10.0 Å². The number of aryl methyl sites for hydroxylation is 1. The fourth-order valence-corrected chi connectivity index (χ4v) is 5.82. The predicted octanol–water partition coefficient (Wildman–Crippen LogP) is 4.92. The van der Waals surface area contributed by atoms with Gasteiger partial charge in [0.1, 0.15) is 18.3 Å². The maximum atomic E-state index is 14.1. The number of hydrogen-bond acceptors (Lipinski definition) is 5. The third kappa shape index (κ3) is 7.63. The number of sulfonamides is 1. The van der Waals surface area contributed by atoms with E-state index >= 15 is 0 Å². The zero-order valence-corrected chi connectivity index (χ0v) is 24.5. The molecule has 0 aliphatic carbocycles. The van der Waals surface area contributed by atoms with Crippen LogP contribution in [0.1, 0.15) is 44.2 Å². The molecule has 3 aromatic rings. The molecule has 3 aromatic carbocycles. The van der Waals surface area contributed by atoms with Crippen LogP contribution in [0, 0.1) is 6.92 Å². The van der Waals surface area contributed by atoms with Crippen LogP contribution >= 0.6 is 0 Å². The Kier molecular flexibility index (Phi) is 11.1. The first-order valence-corrected chi connectivity index (χ1v) is 15.0. The largest absolute Gasteiger partial charge is 0.495 e. The lowest BCUT2D eigenvalue weighted by atomic mass is 10.1. The first-order chi connectivity index (χ1) is 19.2. The molecule has 2 amide bonds. The third-order valence-electron chi connectivity index (χ3n) is 6.65. The molecule has 0 fully saturated rings. The Bertz CT molecular complexity index is 1360. The summed E-state index contributed by atoms with van der Waals surface area (Å²) in [5, 5.41) is 2.94. The second kappa shape index (κ2) is 14.5. The summed E-state index contributed by atoms with van der Waals surface area (Å²) in [5.41, 5.74) is 1.98. The number of rotatable bonds is 14. The van der Waals surface area contributed by atoms with Crippen molar-refractivity contribution in [3.05, 3.63) is 90.0 Å². The fraction of sp³-hybridized carbons (Fsp3) is 0.355. The van der Waals surface area contributed by atoms with E-state index in [0.717, 1.165) is 28.3 Å². The van der Waals surface area contributed by atoms with Crippen LogP contribution in [-0.4, -0.2) is 51.4 Å². The van der Waals surface area contributed by atoms with Crippen molar-refractivity contribution >= 4 is 27.5 Å². The van der Waals surface area contributed by atoms with Crippen LogP contribution in [0.3, 0.4) is 0 Å². The molecule has 0 bridgehead atoms. The zero-order valence-electron chi connectivity index (χ0n) is 23.7. The van der Waals surface area contributed by atoms with Crippen molar-refractivity contribution in [3.63, 3.8) is 0 Å². The molecule has 214 valence electrons. The number of amides is 2. The number of nitrogens with zero attached hydrogens (tertiary/aromatic N) is 2. The Morgan fingerprint density at radius 3 is 2.20 bits per heavy atom. The van der Waals surface area contributed by atoms with Crippen LogP contribution in [-0.2, 0) is 26.2 Å². The highest BCUT2D eigenvalue weighted by atomic mass is 32.2. The molecule has 0 radical (unpaired) electrons. The lowest BCUT2D eigenvalue weighted by Gasteiger charge is -2.33. The van der Waals surface area contributed by atoms with Crippen LogP contribution in [0.15, 0.2) is 83.8 Å². The molecule has 0 saturated carbocycles. The Labute approximate surface area is 238 Å². The predicted molar refractivity (Wildman–Crippen MR) is 158 cm³/mol. The van der Waals surface area contributed by atoms with E-state index in [1.807, 2.05) is 51.1 Å². The van der Waals surface area contributed by atoms with Crippen LogP contribution in [0.25, 0.3) is 0 Å². The molecule has 0 aromatic heterocycles. The third-order valence-corrected chi connectivity index (χ3v) is 8.43. The van der Waals surface area contributed by atoms with E-state index in [4.69, 9.17) is 4.74 Å². The monoisotopic (exact) mass is 565 g/mol. The van der Waals surface area contributed by atoms with Gasteiger partial charge in [0.15, 0.2) is 0 Å². The minimum absolute atomic E-state index is 0.0516. The van der Waals surface area contributed by atoms with Crippen molar-refractivity contribution in [2.24, 2.45) is 0 Å². The maximum absolute atomic E-state index is 14.1. The SMILES string of the molecule is CCCCNC(=O)[C@H](CC)N(Cc1ccccc1)C(=O)CN(c1ccccc1OC)S(=O)(=O)c1ccc(C)cc1. The highest BCUT2D eigenvalue weighted by molar-refractivity contribution is 7.92. The van der Waals surface area contributed by atoms with Crippen molar-refractivity contribution < 1.29 is 22.7 Å². The van der Waals surface area contributed by atoms with Gasteiger partial charge < -0.3 is 15.0 Å². The molecule has 1 N–H and O–H groups in total. The summed E-state index contributed by atoms with van der Waals surface area (Å²) in [6, 6.07) is 21.7. The molecule has 1 atom stereocenters. The molecule has 8 nitrogen and oxygen atoms in total. The summed E-state index contributed by atoms with van der Waals surface area (Å²) in [4.78, 5) is 28.9. The summed E-state index contributed by atoms with van der Waals surface area (Å²) in [5.74, 6) is -0.446. The molecule has 0 spiro atoms. The number of para-hydroxylation sites is 2. The molecule has 0 saturated heterocycles. The Morgan fingerprint density at radius 2 is 1.57 bits per heavy atom. The van der Waals surface area contributed by atoms with Gasteiger partial charge in [-0.1, -0.05) is 80.4 Å². The first kappa shape index (κ1) is 30.7. The van der Waals surface area contributed by atoms with Crippen molar-refractivity contribution in [2.75, 3.05) is 24.5 Å². The lowest BCUT2D eigenvalue weighted by Crippen LogP contribution is -2.52. The number of benzene rings is 3. The number of hydrogen-bond donors (Lipinski definition) is 1. The first-order valence-electron chi connectivity index (χ1n) is 13.6. The van der Waals surface area contributed by atoms with Gasteiger partial charge in [-0.3, -0.25) is 13.9 Å². The number of carbonyl (C=O) groups excluding carboxylic acids is 2. The van der Waals surface area contributed by atoms with Crippen LogP contribution in [0.2, 0.25) is 0 Å². The number of ether oxygens (including phenoxy) is 1. The summed E-state index contributed by atoms with van der Waals surface area (Å²) < 4.78 is 34.5. The van der Waals surface area contributed by atoms with Crippen LogP contribution in [0.4, 0.5) is 5.69 Å². The van der Waals surface area contributed by atoms with Gasteiger partial charge in [-0.05, 0) is 49.6 Å². The smallest absolute Gasteiger partial charge is 0.264 e. The number of methoxy groups -OCH3 is 1. The van der Waals surface area contributed by atoms with Crippen molar-refractivity contribution in [3.8, 4) is 5.75 Å². The summed E-state index contributed by atoms with van der Waals surface area (Å²) >= 11 is 0. The molecular weight excluding hydrogens is 526 g/mol. The Hall–Kier alpha value is -3.85. The molecule has 9 heteroatoms. The topological polar surface area (TPSA) is 96.0 Å². The van der Waals surface area contributed by atoms with Gasteiger partial charge in [0.2, 0.25) is 11.8 Å². The van der Waals surface area contributed by atoms with E-state index in [1.54, 1.807) is 36.4 Å². The minimum Gasteiger partial charge on any atom is -0.495 e. The summed E-state index contributed by atoms with van der Waals surface area (Å²) in [6.45, 7) is 5.90. The maximum Gasteiger partial charge on any atom is 0.264 e. The molecule has 40 heavy (non-hydrogen) atoms. The van der Waals surface area contributed by atoms with Crippen molar-refractivity contribution in [1.82, 2.24) is 10.2 Å². The average molecular weight is 566 g/mol. The number of unbranched alkanes of at least 4 members (excludes halogenated alkanes) is 1. The number of anilines is 1. The Balaban J connectivity index is 2.05. The van der Waals surface area contributed by atoms with Gasteiger partial charge in [0.05, 0.1) is 17.7 Å². The number of nitrogens with one attached hydrogen (secondary N) is 1. The van der Waals surface area contributed by atoms with E-state index in [0.29, 0.717) is 18.7 Å². The molecule has 0 unspecified atom stereocenters. The van der Waals surface area contributed by atoms with Crippen LogP contribution < -0.4 is 14.4 Å². The molecule has 0 aliphatic rings. The van der Waals surface area contributed by atoms with E-state index in [1.165, 1.54) is 24.1 Å². The standard InChI is InChI=1S/C31H39N3O5S/c1-5-7-21-32-31(36)27(6-2)33(22-25-13-9-8-10-14-25)30(35)23-34(28-15-11-12-16-29(28)39-4)40(37,38)26-19-17-24(3)18-20-26/h8-20,27H,5-7,21-23H2,1-4H3,(H,32,36)/t27-/m0/s1. The molecule has 3 rings (SSSR count). The van der Waals surface area contributed by atoms with Crippen molar-refractivity contribution in [2.45, 2.75) is 57.5 Å². The summed E-state index contributed by atoms with van der Waals surface area (Å²) in [6.07, 6.45) is 2.12. The van der Waals surface area contributed by atoms with Crippen LogP contribution in [0.5, 0.6) is 5.75 Å². The zero-order chi connectivity index (χ0) is 29.1. The number of carbonyl (C=O) groups is 2. The Morgan fingerprint density at radius 1 is 0.925 bits per heavy atom. The second-order valence-corrected chi connectivity index (χ2v) is 11.4. The quantitative estimate of drug-likeness (QED) is 0.280. The van der Waals surface area contributed by atoms with E-state index in [9.17, 15) is 18.0 Å². The van der Waals surface area contributed by atoms with Gasteiger partial charge in [-0.2, -0.15) is 0 Å². The second-order valence-electron chi connectivity index (χ2n) is 9.57. The highest BCUT2D eigenvalue weighted by Crippen LogP contribution is 2.32. The lowest BCUT2D eigenvalue weighted by molar-refractivity contribution is -0.140. The minimum atomic E-state index is -4.17. The highest BCUT2D eigenvalue weighted by Gasteiger charge is 2.34. The van der Waals surface area contributed by atoms with Gasteiger partial charge >= 0.3 is 0 Å². The van der Waals surface area contributed by atoms with Crippen molar-refractivity contribution in [1.29, 1.82) is 0 Å². The fourth-order valence-electron chi connectivity index (χ4n) is 4.39. The average Bonchev–Trinajstić information content (AvgIpc) is 2.96. The summed E-state index contributed by atoms with van der Waals surface area (Å²) in [7, 11) is -2.72. The van der Waals surface area contributed by atoms with Gasteiger partial charge in [-0.25, -0.2) is 8.42 Å². The normalized spacial score (nSPS) is 11.9. The molecule has 0 heterocycles. The van der Waals surface area contributed by atoms with E-state index in [2.05, 4.69) is 5.32 Å².